The third-order valence-corrected chi connectivity index (χ3v) is 4.98. The molecule has 0 spiro atoms. The second-order valence-electron chi connectivity index (χ2n) is 5.77. The topological polar surface area (TPSA) is 12.0 Å². The predicted octanol–water partition coefficient (Wildman–Crippen LogP) is 2.52. The van der Waals surface area contributed by atoms with Crippen LogP contribution in [0.15, 0.2) is 0 Å². The fourth-order valence-electron chi connectivity index (χ4n) is 3.79. The first-order chi connectivity index (χ1) is 6.07. The minimum atomic E-state index is 0.656. The lowest BCUT2D eigenvalue weighted by molar-refractivity contribution is -0.127. The molecule has 0 aliphatic heterocycles. The highest BCUT2D eigenvalue weighted by molar-refractivity contribution is 5.05. The zero-order valence-corrected chi connectivity index (χ0v) is 9.43. The Kier molecular flexibility index (Phi) is 2.18. The quantitative estimate of drug-likeness (QED) is 0.690. The van der Waals surface area contributed by atoms with Crippen molar-refractivity contribution in [1.82, 2.24) is 5.32 Å². The van der Waals surface area contributed by atoms with Crippen molar-refractivity contribution in [3.63, 3.8) is 0 Å². The summed E-state index contributed by atoms with van der Waals surface area (Å²) in [5.41, 5.74) is 0.656. The van der Waals surface area contributed by atoms with Crippen LogP contribution < -0.4 is 5.32 Å². The zero-order valence-electron chi connectivity index (χ0n) is 9.43. The lowest BCUT2D eigenvalue weighted by Gasteiger charge is -2.62. The van der Waals surface area contributed by atoms with Gasteiger partial charge in [-0.1, -0.05) is 20.8 Å². The molecule has 0 heterocycles. The van der Waals surface area contributed by atoms with Crippen molar-refractivity contribution in [2.75, 3.05) is 13.6 Å². The van der Waals surface area contributed by atoms with E-state index in [1.807, 2.05) is 0 Å². The van der Waals surface area contributed by atoms with Gasteiger partial charge in [-0.3, -0.25) is 0 Å². The van der Waals surface area contributed by atoms with E-state index in [0.717, 1.165) is 23.7 Å². The highest BCUT2D eigenvalue weighted by atomic mass is 14.8. The Labute approximate surface area is 82.3 Å². The van der Waals surface area contributed by atoms with Crippen molar-refractivity contribution < 1.29 is 0 Å². The van der Waals surface area contributed by atoms with Crippen LogP contribution >= 0.6 is 0 Å². The second kappa shape index (κ2) is 2.98. The maximum absolute atomic E-state index is 3.34. The van der Waals surface area contributed by atoms with E-state index in [2.05, 4.69) is 33.1 Å². The molecule has 13 heavy (non-hydrogen) atoms. The van der Waals surface area contributed by atoms with Crippen molar-refractivity contribution in [3.05, 3.63) is 0 Å². The lowest BCUT2D eigenvalue weighted by Crippen LogP contribution is -2.56. The third-order valence-electron chi connectivity index (χ3n) is 4.98. The summed E-state index contributed by atoms with van der Waals surface area (Å²) in [4.78, 5) is 0. The average molecular weight is 181 g/mol. The van der Waals surface area contributed by atoms with E-state index in [0.29, 0.717) is 5.41 Å². The van der Waals surface area contributed by atoms with Crippen LogP contribution in [0.5, 0.6) is 0 Å². The Morgan fingerprint density at radius 2 is 2.00 bits per heavy atom. The van der Waals surface area contributed by atoms with E-state index in [1.54, 1.807) is 0 Å². The van der Waals surface area contributed by atoms with Gasteiger partial charge in [-0.05, 0) is 55.5 Å². The second-order valence-corrected chi connectivity index (χ2v) is 5.77. The van der Waals surface area contributed by atoms with Gasteiger partial charge in [-0.25, -0.2) is 0 Å². The maximum Gasteiger partial charge on any atom is -0.00208 e. The molecule has 1 heteroatoms. The Morgan fingerprint density at radius 3 is 2.46 bits per heavy atom. The Bertz CT molecular complexity index is 197. The molecule has 3 fully saturated rings. The van der Waals surface area contributed by atoms with Crippen molar-refractivity contribution in [2.24, 2.45) is 29.1 Å². The minimum Gasteiger partial charge on any atom is -0.319 e. The summed E-state index contributed by atoms with van der Waals surface area (Å²) in [6.07, 6.45) is 2.97. The van der Waals surface area contributed by atoms with E-state index < -0.39 is 0 Å². The largest absolute Gasteiger partial charge is 0.319 e. The van der Waals surface area contributed by atoms with Gasteiger partial charge in [0.1, 0.15) is 0 Å². The molecule has 1 nitrogen and oxygen atoms in total. The highest BCUT2D eigenvalue weighted by Crippen LogP contribution is 2.62. The monoisotopic (exact) mass is 181 g/mol. The van der Waals surface area contributed by atoms with Gasteiger partial charge in [-0.15, -0.1) is 0 Å². The van der Waals surface area contributed by atoms with Gasteiger partial charge in [0.05, 0.1) is 0 Å². The number of hydrogen-bond acceptors (Lipinski definition) is 1. The summed E-state index contributed by atoms with van der Waals surface area (Å²) >= 11 is 0. The third kappa shape index (κ3) is 1.24. The van der Waals surface area contributed by atoms with Crippen LogP contribution in [0.25, 0.3) is 0 Å². The molecule has 4 unspecified atom stereocenters. The van der Waals surface area contributed by atoms with Gasteiger partial charge in [0, 0.05) is 0 Å². The SMILES string of the molecule is CNCC1CC2CC(C1C)C2(C)C. The first-order valence-corrected chi connectivity index (χ1v) is 5.72. The van der Waals surface area contributed by atoms with Crippen molar-refractivity contribution in [3.8, 4) is 0 Å². The van der Waals surface area contributed by atoms with E-state index in [1.165, 1.54) is 19.4 Å². The molecule has 0 radical (unpaired) electrons. The molecule has 0 saturated heterocycles. The summed E-state index contributed by atoms with van der Waals surface area (Å²) in [6, 6.07) is 0. The number of hydrogen-bond donors (Lipinski definition) is 1. The van der Waals surface area contributed by atoms with E-state index in [-0.39, 0.29) is 0 Å². The number of nitrogens with one attached hydrogen (secondary N) is 1. The summed E-state index contributed by atoms with van der Waals surface area (Å²) < 4.78 is 0. The summed E-state index contributed by atoms with van der Waals surface area (Å²) in [5.74, 6) is 3.91. The van der Waals surface area contributed by atoms with Gasteiger partial charge >= 0.3 is 0 Å². The molecule has 3 saturated carbocycles. The van der Waals surface area contributed by atoms with Gasteiger partial charge < -0.3 is 5.32 Å². The Hall–Kier alpha value is -0.0400. The maximum atomic E-state index is 3.34. The van der Waals surface area contributed by atoms with Crippen LogP contribution in [0.1, 0.15) is 33.6 Å². The molecular formula is C12H23N. The molecule has 3 aliphatic rings. The number of rotatable bonds is 2. The minimum absolute atomic E-state index is 0.656. The number of fused-ring (bicyclic) bond motifs is 2. The van der Waals surface area contributed by atoms with E-state index >= 15 is 0 Å². The highest BCUT2D eigenvalue weighted by Gasteiger charge is 2.55. The fourth-order valence-corrected chi connectivity index (χ4v) is 3.79. The van der Waals surface area contributed by atoms with Crippen LogP contribution in [0.4, 0.5) is 0 Å². The zero-order chi connectivity index (χ0) is 9.64. The molecule has 2 bridgehead atoms. The van der Waals surface area contributed by atoms with Gasteiger partial charge in [-0.2, -0.15) is 0 Å². The molecule has 0 amide bonds. The van der Waals surface area contributed by atoms with Crippen molar-refractivity contribution in [1.29, 1.82) is 0 Å². The van der Waals surface area contributed by atoms with Crippen LogP contribution in [0, 0.1) is 29.1 Å². The lowest BCUT2D eigenvalue weighted by atomic mass is 9.43. The standard InChI is InChI=1S/C12H23N/c1-8-9(7-13-4)5-10-6-11(8)12(10,2)3/h8-11,13H,5-7H2,1-4H3. The molecule has 0 aromatic rings. The predicted molar refractivity (Wildman–Crippen MR) is 56.6 cm³/mol. The summed E-state index contributed by atoms with van der Waals surface area (Å²) in [6.45, 7) is 8.63. The van der Waals surface area contributed by atoms with Gasteiger partial charge in [0.2, 0.25) is 0 Å². The van der Waals surface area contributed by atoms with E-state index in [9.17, 15) is 0 Å². The molecule has 4 atom stereocenters. The molecule has 3 aliphatic carbocycles. The van der Waals surface area contributed by atoms with Crippen LogP contribution in [-0.4, -0.2) is 13.6 Å². The first kappa shape index (κ1) is 9.51. The molecule has 0 aromatic carbocycles. The fraction of sp³-hybridized carbons (Fsp3) is 1.00. The normalized spacial score (nSPS) is 47.1. The molecule has 3 rings (SSSR count). The molecular weight excluding hydrogens is 158 g/mol. The molecule has 76 valence electrons. The first-order valence-electron chi connectivity index (χ1n) is 5.72. The molecule has 0 aromatic heterocycles. The summed E-state index contributed by atoms with van der Waals surface area (Å²) in [5, 5.41) is 3.34. The van der Waals surface area contributed by atoms with Crippen LogP contribution in [0.3, 0.4) is 0 Å². The Morgan fingerprint density at radius 1 is 1.31 bits per heavy atom. The Balaban J connectivity index is 2.03. The van der Waals surface area contributed by atoms with Crippen molar-refractivity contribution >= 4 is 0 Å². The van der Waals surface area contributed by atoms with E-state index in [4.69, 9.17) is 0 Å². The van der Waals surface area contributed by atoms with Gasteiger partial charge in [0.25, 0.3) is 0 Å². The molecule has 1 N–H and O–H groups in total. The average Bonchev–Trinajstić information content (AvgIpc) is 2.08. The van der Waals surface area contributed by atoms with Crippen LogP contribution in [0.2, 0.25) is 0 Å². The van der Waals surface area contributed by atoms with Crippen molar-refractivity contribution in [2.45, 2.75) is 33.6 Å². The smallest absolute Gasteiger partial charge is 0.00208 e. The van der Waals surface area contributed by atoms with Gasteiger partial charge in [0.15, 0.2) is 0 Å². The summed E-state index contributed by atoms with van der Waals surface area (Å²) in [7, 11) is 2.08. The van der Waals surface area contributed by atoms with Crippen LogP contribution in [-0.2, 0) is 0 Å².